The summed E-state index contributed by atoms with van der Waals surface area (Å²) in [5.41, 5.74) is 0.935. The minimum absolute atomic E-state index is 0.116. The lowest BCUT2D eigenvalue weighted by Crippen LogP contribution is -2.30. The van der Waals surface area contributed by atoms with Crippen molar-refractivity contribution in [1.82, 2.24) is 9.29 Å². The van der Waals surface area contributed by atoms with Gasteiger partial charge in [0.1, 0.15) is 5.01 Å². The maximum atomic E-state index is 12.1. The van der Waals surface area contributed by atoms with Crippen molar-refractivity contribution in [3.05, 3.63) is 16.1 Å². The lowest BCUT2D eigenvalue weighted by Gasteiger charge is -2.17. The highest BCUT2D eigenvalue weighted by Gasteiger charge is 2.23. The third-order valence-electron chi connectivity index (χ3n) is 3.22. The maximum absolute atomic E-state index is 12.1. The van der Waals surface area contributed by atoms with Crippen LogP contribution >= 0.6 is 11.3 Å². The van der Waals surface area contributed by atoms with Crippen molar-refractivity contribution in [2.75, 3.05) is 19.4 Å². The van der Waals surface area contributed by atoms with Gasteiger partial charge in [0.05, 0.1) is 18.4 Å². The molecule has 1 unspecified atom stereocenters. The Balaban J connectivity index is 1.87. The largest absolute Gasteiger partial charge is 0.378 e. The highest BCUT2D eigenvalue weighted by molar-refractivity contribution is 7.89. The van der Waals surface area contributed by atoms with Gasteiger partial charge in [0.2, 0.25) is 10.0 Å². The van der Waals surface area contributed by atoms with Crippen LogP contribution in [0.4, 0.5) is 0 Å². The van der Waals surface area contributed by atoms with E-state index < -0.39 is 10.0 Å². The molecule has 1 aliphatic heterocycles. The number of thiazole rings is 1. The van der Waals surface area contributed by atoms with Crippen molar-refractivity contribution >= 4 is 21.4 Å². The van der Waals surface area contributed by atoms with Crippen molar-refractivity contribution in [3.63, 3.8) is 0 Å². The predicted octanol–water partition coefficient (Wildman–Crippen LogP) is 1.78. The second-order valence-corrected chi connectivity index (χ2v) is 8.02. The van der Waals surface area contributed by atoms with Gasteiger partial charge < -0.3 is 4.74 Å². The van der Waals surface area contributed by atoms with Gasteiger partial charge in [0.25, 0.3) is 0 Å². The molecule has 5 nitrogen and oxygen atoms in total. The van der Waals surface area contributed by atoms with Crippen LogP contribution in [0.3, 0.4) is 0 Å². The van der Waals surface area contributed by atoms with Crippen LogP contribution in [0.5, 0.6) is 0 Å². The molecule has 1 aliphatic rings. The number of nitrogens with zero attached hydrogens (tertiary/aromatic N) is 2. The first-order valence-electron chi connectivity index (χ1n) is 6.44. The summed E-state index contributed by atoms with van der Waals surface area (Å²) >= 11 is 1.50. The second kappa shape index (κ2) is 6.30. The minimum atomic E-state index is -3.22. The van der Waals surface area contributed by atoms with Gasteiger partial charge in [-0.1, -0.05) is 0 Å². The number of aromatic nitrogens is 1. The van der Waals surface area contributed by atoms with E-state index in [9.17, 15) is 8.42 Å². The lowest BCUT2D eigenvalue weighted by atomic mass is 10.2. The standard InChI is InChI=1S/C12H20N2O3S2/c1-10-9-18-12(13-10)8-14(2)19(15,16)7-5-11-4-3-6-17-11/h9,11H,3-8H2,1-2H3. The summed E-state index contributed by atoms with van der Waals surface area (Å²) in [6, 6.07) is 0. The van der Waals surface area contributed by atoms with Crippen molar-refractivity contribution in [1.29, 1.82) is 0 Å². The SMILES string of the molecule is Cc1csc(CN(C)S(=O)(=O)CCC2CCCO2)n1. The molecule has 0 N–H and O–H groups in total. The van der Waals surface area contributed by atoms with E-state index >= 15 is 0 Å². The Morgan fingerprint density at radius 3 is 2.95 bits per heavy atom. The summed E-state index contributed by atoms with van der Waals surface area (Å²) in [7, 11) is -1.60. The Morgan fingerprint density at radius 1 is 1.58 bits per heavy atom. The first kappa shape index (κ1) is 14.9. The van der Waals surface area contributed by atoms with E-state index in [-0.39, 0.29) is 11.9 Å². The molecule has 1 aromatic rings. The summed E-state index contributed by atoms with van der Waals surface area (Å²) in [5, 5.41) is 2.77. The van der Waals surface area contributed by atoms with Crippen molar-refractivity contribution in [3.8, 4) is 0 Å². The number of hydrogen-bond acceptors (Lipinski definition) is 5. The van der Waals surface area contributed by atoms with Crippen molar-refractivity contribution in [2.45, 2.75) is 38.8 Å². The van der Waals surface area contributed by atoms with E-state index in [1.54, 1.807) is 7.05 Å². The maximum Gasteiger partial charge on any atom is 0.214 e. The monoisotopic (exact) mass is 304 g/mol. The first-order valence-corrected chi connectivity index (χ1v) is 8.93. The Hall–Kier alpha value is -0.500. The smallest absolute Gasteiger partial charge is 0.214 e. The fourth-order valence-corrected chi connectivity index (χ4v) is 4.17. The molecule has 0 amide bonds. The van der Waals surface area contributed by atoms with Gasteiger partial charge in [-0.2, -0.15) is 4.31 Å². The molecule has 0 saturated carbocycles. The topological polar surface area (TPSA) is 59.5 Å². The van der Waals surface area contributed by atoms with Gasteiger partial charge >= 0.3 is 0 Å². The Kier molecular flexibility index (Phi) is 4.94. The molecule has 7 heteroatoms. The van der Waals surface area contributed by atoms with Crippen LogP contribution in [0, 0.1) is 6.92 Å². The molecule has 0 spiro atoms. The summed E-state index contributed by atoms with van der Waals surface area (Å²) in [4.78, 5) is 4.29. The summed E-state index contributed by atoms with van der Waals surface area (Å²) in [6.07, 6.45) is 2.72. The fraction of sp³-hybridized carbons (Fsp3) is 0.750. The Labute approximate surface area is 118 Å². The molecular weight excluding hydrogens is 284 g/mol. The van der Waals surface area contributed by atoms with Gasteiger partial charge in [-0.05, 0) is 26.2 Å². The molecule has 19 heavy (non-hydrogen) atoms. The molecule has 0 bridgehead atoms. The molecule has 1 fully saturated rings. The van der Waals surface area contributed by atoms with E-state index in [0.717, 1.165) is 30.2 Å². The van der Waals surface area contributed by atoms with E-state index in [4.69, 9.17) is 4.74 Å². The van der Waals surface area contributed by atoms with E-state index in [1.165, 1.54) is 15.6 Å². The molecule has 1 aromatic heterocycles. The quantitative estimate of drug-likeness (QED) is 0.804. The van der Waals surface area contributed by atoms with Crippen LogP contribution in [-0.4, -0.2) is 43.2 Å². The molecule has 1 atom stereocenters. The zero-order valence-electron chi connectivity index (χ0n) is 11.3. The second-order valence-electron chi connectivity index (χ2n) is 4.88. The molecule has 2 rings (SSSR count). The lowest BCUT2D eigenvalue weighted by molar-refractivity contribution is 0.108. The zero-order valence-corrected chi connectivity index (χ0v) is 13.0. The van der Waals surface area contributed by atoms with Crippen molar-refractivity contribution < 1.29 is 13.2 Å². The fourth-order valence-electron chi connectivity index (χ4n) is 2.07. The molecule has 2 heterocycles. The van der Waals surface area contributed by atoms with Gasteiger partial charge in [0.15, 0.2) is 0 Å². The number of sulfonamides is 1. The van der Waals surface area contributed by atoms with Crippen LogP contribution in [-0.2, 0) is 21.3 Å². The van der Waals surface area contributed by atoms with Crippen molar-refractivity contribution in [2.24, 2.45) is 0 Å². The third-order valence-corrected chi connectivity index (χ3v) is 6.00. The van der Waals surface area contributed by atoms with Gasteiger partial charge in [-0.25, -0.2) is 13.4 Å². The normalized spacial score (nSPS) is 20.3. The number of ether oxygens (including phenoxy) is 1. The van der Waals surface area contributed by atoms with Crippen LogP contribution in [0.2, 0.25) is 0 Å². The Bertz CT molecular complexity index is 507. The third kappa shape index (κ3) is 4.24. The van der Waals surface area contributed by atoms with E-state index in [0.29, 0.717) is 13.0 Å². The summed E-state index contributed by atoms with van der Waals surface area (Å²) in [5.74, 6) is 0.151. The summed E-state index contributed by atoms with van der Waals surface area (Å²) in [6.45, 7) is 3.03. The van der Waals surface area contributed by atoms with Crippen LogP contribution in [0.25, 0.3) is 0 Å². The Morgan fingerprint density at radius 2 is 2.37 bits per heavy atom. The first-order chi connectivity index (χ1) is 8.97. The number of hydrogen-bond donors (Lipinski definition) is 0. The van der Waals surface area contributed by atoms with Gasteiger partial charge in [-0.15, -0.1) is 11.3 Å². The van der Waals surface area contributed by atoms with E-state index in [2.05, 4.69) is 4.98 Å². The zero-order chi connectivity index (χ0) is 13.9. The van der Waals surface area contributed by atoms with Crippen LogP contribution < -0.4 is 0 Å². The van der Waals surface area contributed by atoms with E-state index in [1.807, 2.05) is 12.3 Å². The molecule has 1 saturated heterocycles. The molecular formula is C12H20N2O3S2. The average Bonchev–Trinajstić information content (AvgIpc) is 2.98. The van der Waals surface area contributed by atoms with Crippen LogP contribution in [0.15, 0.2) is 5.38 Å². The summed E-state index contributed by atoms with van der Waals surface area (Å²) < 4.78 is 31.1. The van der Waals surface area contributed by atoms with Crippen LogP contribution in [0.1, 0.15) is 30.0 Å². The molecule has 108 valence electrons. The predicted molar refractivity (Wildman–Crippen MR) is 75.7 cm³/mol. The molecule has 0 aliphatic carbocycles. The van der Waals surface area contributed by atoms with Gasteiger partial charge in [-0.3, -0.25) is 0 Å². The average molecular weight is 304 g/mol. The highest BCUT2D eigenvalue weighted by Crippen LogP contribution is 2.18. The minimum Gasteiger partial charge on any atom is -0.378 e. The number of aryl methyl sites for hydroxylation is 1. The van der Waals surface area contributed by atoms with Gasteiger partial charge in [0, 0.05) is 24.7 Å². The molecule has 0 radical (unpaired) electrons. The molecule has 0 aromatic carbocycles. The highest BCUT2D eigenvalue weighted by atomic mass is 32.2. The number of rotatable bonds is 6.